The van der Waals surface area contributed by atoms with Crippen LogP contribution in [0.25, 0.3) is 0 Å². The molecule has 1 aromatic carbocycles. The van der Waals surface area contributed by atoms with E-state index in [9.17, 15) is 9.59 Å². The molecule has 5 heteroatoms. The summed E-state index contributed by atoms with van der Waals surface area (Å²) < 4.78 is 0. The highest BCUT2D eigenvalue weighted by atomic mass is 16.4. The molecule has 1 aromatic rings. The predicted octanol–water partition coefficient (Wildman–Crippen LogP) is -0.0124. The van der Waals surface area contributed by atoms with Gasteiger partial charge in [-0.2, -0.15) is 0 Å². The van der Waals surface area contributed by atoms with E-state index in [0.717, 1.165) is 5.56 Å². The van der Waals surface area contributed by atoms with Crippen molar-refractivity contribution in [2.75, 3.05) is 11.4 Å². The molecular formula is C11H12N2O3. The van der Waals surface area contributed by atoms with Gasteiger partial charge in [-0.05, 0) is 11.6 Å². The normalized spacial score (nSPS) is 18.3. The minimum Gasteiger partial charge on any atom is -0.480 e. The van der Waals surface area contributed by atoms with E-state index in [1.807, 2.05) is 12.1 Å². The van der Waals surface area contributed by atoms with E-state index >= 15 is 0 Å². The Morgan fingerprint density at radius 1 is 1.44 bits per heavy atom. The second-order valence-corrected chi connectivity index (χ2v) is 3.65. The first-order chi connectivity index (χ1) is 7.65. The van der Waals surface area contributed by atoms with Crippen LogP contribution >= 0.6 is 0 Å². The van der Waals surface area contributed by atoms with Gasteiger partial charge in [-0.1, -0.05) is 18.2 Å². The number of para-hydroxylation sites is 1. The van der Waals surface area contributed by atoms with Gasteiger partial charge in [0.2, 0.25) is 5.91 Å². The second-order valence-electron chi connectivity index (χ2n) is 3.65. The highest BCUT2D eigenvalue weighted by Crippen LogP contribution is 2.31. The Balaban J connectivity index is 2.43. The zero-order chi connectivity index (χ0) is 11.7. The van der Waals surface area contributed by atoms with Gasteiger partial charge in [0.05, 0.1) is 6.54 Å². The second kappa shape index (κ2) is 3.94. The number of nitrogens with two attached hydrogens (primary N) is 1. The third kappa shape index (κ3) is 1.55. The Bertz CT molecular complexity index is 445. The summed E-state index contributed by atoms with van der Waals surface area (Å²) in [6.07, 6.45) is 0.344. The molecule has 0 unspecified atom stereocenters. The molecule has 0 radical (unpaired) electrons. The van der Waals surface area contributed by atoms with Crippen LogP contribution < -0.4 is 10.6 Å². The average Bonchev–Trinajstić information content (AvgIpc) is 2.67. The van der Waals surface area contributed by atoms with Gasteiger partial charge in [-0.15, -0.1) is 0 Å². The lowest BCUT2D eigenvalue weighted by Crippen LogP contribution is -2.45. The fraction of sp³-hybridized carbons (Fsp3) is 0.273. The Labute approximate surface area is 92.5 Å². The van der Waals surface area contributed by atoms with E-state index in [2.05, 4.69) is 0 Å². The van der Waals surface area contributed by atoms with Crippen molar-refractivity contribution in [3.05, 3.63) is 29.8 Å². The zero-order valence-corrected chi connectivity index (χ0v) is 8.59. The number of hydrogen-bond acceptors (Lipinski definition) is 3. The molecule has 1 aliphatic rings. The molecule has 2 rings (SSSR count). The van der Waals surface area contributed by atoms with Gasteiger partial charge < -0.3 is 10.8 Å². The van der Waals surface area contributed by atoms with Crippen LogP contribution in [-0.4, -0.2) is 29.6 Å². The number of carbonyl (C=O) groups is 2. The summed E-state index contributed by atoms with van der Waals surface area (Å²) in [5.74, 6) is -1.37. The van der Waals surface area contributed by atoms with Crippen molar-refractivity contribution in [3.63, 3.8) is 0 Å². The number of carboxylic acid groups (broad SMARTS) is 1. The van der Waals surface area contributed by atoms with Crippen molar-refractivity contribution in [3.8, 4) is 0 Å². The monoisotopic (exact) mass is 220 g/mol. The van der Waals surface area contributed by atoms with Crippen molar-refractivity contribution in [2.45, 2.75) is 12.5 Å². The Morgan fingerprint density at radius 3 is 2.75 bits per heavy atom. The number of carboxylic acids is 1. The van der Waals surface area contributed by atoms with Crippen molar-refractivity contribution in [1.82, 2.24) is 0 Å². The minimum absolute atomic E-state index is 0.182. The van der Waals surface area contributed by atoms with Gasteiger partial charge in [0, 0.05) is 12.1 Å². The van der Waals surface area contributed by atoms with Crippen LogP contribution in [-0.2, 0) is 16.0 Å². The quantitative estimate of drug-likeness (QED) is 0.734. The number of anilines is 1. The maximum atomic E-state index is 11.6. The van der Waals surface area contributed by atoms with Gasteiger partial charge in [-0.25, -0.2) is 4.79 Å². The molecule has 1 heterocycles. The van der Waals surface area contributed by atoms with Crippen LogP contribution in [0.4, 0.5) is 5.69 Å². The molecule has 1 amide bonds. The van der Waals surface area contributed by atoms with E-state index in [1.54, 1.807) is 12.1 Å². The van der Waals surface area contributed by atoms with Crippen LogP contribution in [0.5, 0.6) is 0 Å². The van der Waals surface area contributed by atoms with Crippen LogP contribution in [0.3, 0.4) is 0 Å². The highest BCUT2D eigenvalue weighted by Gasteiger charge is 2.37. The SMILES string of the molecule is NCC(=O)N1c2ccccc2C[C@H]1C(=O)O. The first-order valence-corrected chi connectivity index (χ1v) is 4.98. The van der Waals surface area contributed by atoms with Crippen molar-refractivity contribution in [1.29, 1.82) is 0 Å². The molecule has 0 saturated carbocycles. The summed E-state index contributed by atoms with van der Waals surface area (Å²) in [7, 11) is 0. The first-order valence-electron chi connectivity index (χ1n) is 4.98. The summed E-state index contributed by atoms with van der Waals surface area (Å²) in [4.78, 5) is 24.0. The lowest BCUT2D eigenvalue weighted by Gasteiger charge is -2.21. The molecule has 0 aliphatic carbocycles. The number of aliphatic carboxylic acids is 1. The number of rotatable bonds is 2. The Morgan fingerprint density at radius 2 is 2.12 bits per heavy atom. The summed E-state index contributed by atoms with van der Waals surface area (Å²) in [6.45, 7) is -0.182. The fourth-order valence-corrected chi connectivity index (χ4v) is 1.99. The lowest BCUT2D eigenvalue weighted by molar-refractivity contribution is -0.139. The topological polar surface area (TPSA) is 83.6 Å². The van der Waals surface area contributed by atoms with Crippen LogP contribution in [0.2, 0.25) is 0 Å². The smallest absolute Gasteiger partial charge is 0.327 e. The first kappa shape index (κ1) is 10.6. The van der Waals surface area contributed by atoms with Crippen molar-refractivity contribution >= 4 is 17.6 Å². The maximum absolute atomic E-state index is 11.6. The molecule has 0 aromatic heterocycles. The molecule has 0 bridgehead atoms. The van der Waals surface area contributed by atoms with Gasteiger partial charge >= 0.3 is 5.97 Å². The van der Waals surface area contributed by atoms with Crippen LogP contribution in [0, 0.1) is 0 Å². The molecule has 5 nitrogen and oxygen atoms in total. The molecule has 1 atom stereocenters. The van der Waals surface area contributed by atoms with Gasteiger partial charge in [-0.3, -0.25) is 9.69 Å². The van der Waals surface area contributed by atoms with E-state index < -0.39 is 12.0 Å². The van der Waals surface area contributed by atoms with Crippen LogP contribution in [0.1, 0.15) is 5.56 Å². The standard InChI is InChI=1S/C11H12N2O3/c12-6-10(14)13-8-4-2-1-3-7(8)5-9(13)11(15)16/h1-4,9H,5-6,12H2,(H,15,16)/t9-/m0/s1. The van der Waals surface area contributed by atoms with Gasteiger partial charge in [0.15, 0.2) is 0 Å². The van der Waals surface area contributed by atoms with Crippen molar-refractivity contribution < 1.29 is 14.7 Å². The number of benzene rings is 1. The predicted molar refractivity (Wildman–Crippen MR) is 58.1 cm³/mol. The molecule has 0 saturated heterocycles. The van der Waals surface area contributed by atoms with Gasteiger partial charge in [0.25, 0.3) is 0 Å². The number of amides is 1. The third-order valence-electron chi connectivity index (χ3n) is 2.70. The minimum atomic E-state index is -1.00. The molecule has 84 valence electrons. The van der Waals surface area contributed by atoms with E-state index in [1.165, 1.54) is 4.90 Å². The summed E-state index contributed by atoms with van der Waals surface area (Å²) >= 11 is 0. The summed E-state index contributed by atoms with van der Waals surface area (Å²) in [5, 5.41) is 9.07. The largest absolute Gasteiger partial charge is 0.480 e. The number of carbonyl (C=O) groups excluding carboxylic acids is 1. The summed E-state index contributed by atoms with van der Waals surface area (Å²) in [6, 6.07) is 6.35. The highest BCUT2D eigenvalue weighted by molar-refractivity contribution is 6.02. The van der Waals surface area contributed by atoms with Crippen molar-refractivity contribution in [2.24, 2.45) is 5.73 Å². The van der Waals surface area contributed by atoms with E-state index in [4.69, 9.17) is 10.8 Å². The van der Waals surface area contributed by atoms with Crippen LogP contribution in [0.15, 0.2) is 24.3 Å². The fourth-order valence-electron chi connectivity index (χ4n) is 1.99. The number of hydrogen-bond donors (Lipinski definition) is 2. The maximum Gasteiger partial charge on any atom is 0.327 e. The molecule has 0 spiro atoms. The number of fused-ring (bicyclic) bond motifs is 1. The lowest BCUT2D eigenvalue weighted by atomic mass is 10.1. The molecule has 3 N–H and O–H groups in total. The van der Waals surface area contributed by atoms with Gasteiger partial charge in [0.1, 0.15) is 6.04 Å². The zero-order valence-electron chi connectivity index (χ0n) is 8.59. The van der Waals surface area contributed by atoms with E-state index in [0.29, 0.717) is 12.1 Å². The Hall–Kier alpha value is -1.88. The average molecular weight is 220 g/mol. The summed E-state index contributed by atoms with van der Waals surface area (Å²) in [5.41, 5.74) is 6.82. The molecule has 16 heavy (non-hydrogen) atoms. The Kier molecular flexibility index (Phi) is 2.62. The molecule has 1 aliphatic heterocycles. The third-order valence-corrected chi connectivity index (χ3v) is 2.70. The molecule has 0 fully saturated rings. The molecular weight excluding hydrogens is 208 g/mol. The van der Waals surface area contributed by atoms with E-state index in [-0.39, 0.29) is 12.5 Å². The number of nitrogens with zero attached hydrogens (tertiary/aromatic N) is 1.